The van der Waals surface area contributed by atoms with E-state index in [4.69, 9.17) is 11.0 Å². The third kappa shape index (κ3) is 2.68. The average molecular weight is 257 g/mol. The van der Waals surface area contributed by atoms with Crippen LogP contribution in [0.15, 0.2) is 18.2 Å². The molecule has 1 aliphatic rings. The molecule has 1 aliphatic heterocycles. The Balaban J connectivity index is 2.12. The van der Waals surface area contributed by atoms with Gasteiger partial charge in [-0.1, -0.05) is 26.7 Å². The number of hydrogen-bond acceptors (Lipinski definition) is 3. The lowest BCUT2D eigenvalue weighted by Crippen LogP contribution is -2.39. The largest absolute Gasteiger partial charge is 0.398 e. The summed E-state index contributed by atoms with van der Waals surface area (Å²) < 4.78 is 0. The lowest BCUT2D eigenvalue weighted by molar-refractivity contribution is 0.199. The van der Waals surface area contributed by atoms with Crippen LogP contribution in [0.1, 0.15) is 45.1 Å². The third-order valence-electron chi connectivity index (χ3n) is 4.85. The second-order valence-electron chi connectivity index (χ2n) is 5.58. The van der Waals surface area contributed by atoms with Gasteiger partial charge in [-0.05, 0) is 36.5 Å². The lowest BCUT2D eigenvalue weighted by atomic mass is 9.74. The predicted octanol–water partition coefficient (Wildman–Crippen LogP) is 3.55. The maximum Gasteiger partial charge on any atom is 0.101 e. The van der Waals surface area contributed by atoms with E-state index in [9.17, 15) is 0 Å². The number of benzene rings is 1. The summed E-state index contributed by atoms with van der Waals surface area (Å²) in [6.45, 7) is 6.76. The molecule has 0 radical (unpaired) electrons. The number of nitrogens with zero attached hydrogens (tertiary/aromatic N) is 2. The Hall–Kier alpha value is -1.69. The van der Waals surface area contributed by atoms with Crippen LogP contribution < -0.4 is 10.6 Å². The fourth-order valence-corrected chi connectivity index (χ4v) is 3.03. The molecule has 0 spiro atoms. The molecule has 0 aromatic heterocycles. The first-order chi connectivity index (χ1) is 9.14. The van der Waals surface area contributed by atoms with Gasteiger partial charge in [0.2, 0.25) is 0 Å². The van der Waals surface area contributed by atoms with Crippen molar-refractivity contribution in [3.05, 3.63) is 23.8 Å². The summed E-state index contributed by atoms with van der Waals surface area (Å²) in [4.78, 5) is 2.38. The normalized spacial score (nSPS) is 18.1. The zero-order valence-electron chi connectivity index (χ0n) is 11.9. The quantitative estimate of drug-likeness (QED) is 0.842. The molecule has 0 atom stereocenters. The second kappa shape index (κ2) is 5.52. The van der Waals surface area contributed by atoms with Crippen LogP contribution in [0, 0.1) is 16.7 Å². The number of nitrogen functional groups attached to an aromatic ring is 1. The minimum Gasteiger partial charge on any atom is -0.398 e. The fourth-order valence-electron chi connectivity index (χ4n) is 3.03. The van der Waals surface area contributed by atoms with Crippen LogP contribution in [0.4, 0.5) is 11.4 Å². The van der Waals surface area contributed by atoms with Crippen LogP contribution >= 0.6 is 0 Å². The molecule has 1 aromatic rings. The van der Waals surface area contributed by atoms with Crippen LogP contribution in [0.5, 0.6) is 0 Å². The molecule has 2 N–H and O–H groups in total. The van der Waals surface area contributed by atoms with E-state index in [1.165, 1.54) is 25.7 Å². The van der Waals surface area contributed by atoms with Crippen molar-refractivity contribution in [2.75, 3.05) is 23.7 Å². The molecule has 0 aliphatic carbocycles. The second-order valence-corrected chi connectivity index (χ2v) is 5.58. The summed E-state index contributed by atoms with van der Waals surface area (Å²) in [6.07, 6.45) is 5.02. The van der Waals surface area contributed by atoms with Gasteiger partial charge < -0.3 is 10.6 Å². The van der Waals surface area contributed by atoms with Gasteiger partial charge in [-0.15, -0.1) is 0 Å². The number of rotatable bonds is 3. The Morgan fingerprint density at radius 3 is 2.42 bits per heavy atom. The topological polar surface area (TPSA) is 53.0 Å². The molecule has 3 nitrogen and oxygen atoms in total. The highest BCUT2D eigenvalue weighted by Crippen LogP contribution is 2.39. The minimum atomic E-state index is 0.530. The number of nitriles is 1. The van der Waals surface area contributed by atoms with Crippen molar-refractivity contribution in [2.45, 2.75) is 39.5 Å². The summed E-state index contributed by atoms with van der Waals surface area (Å²) in [5.41, 5.74) is 8.59. The minimum absolute atomic E-state index is 0.530. The van der Waals surface area contributed by atoms with E-state index in [2.05, 4.69) is 24.8 Å². The summed E-state index contributed by atoms with van der Waals surface area (Å²) >= 11 is 0. The van der Waals surface area contributed by atoms with E-state index in [0.717, 1.165) is 18.8 Å². The Kier molecular flexibility index (Phi) is 3.99. The molecule has 1 heterocycles. The van der Waals surface area contributed by atoms with Gasteiger partial charge in [0.25, 0.3) is 0 Å². The first kappa shape index (κ1) is 13.7. The average Bonchev–Trinajstić information content (AvgIpc) is 2.48. The number of nitrogens with two attached hydrogens (primary N) is 1. The lowest BCUT2D eigenvalue weighted by Gasteiger charge is -2.42. The molecular formula is C16H23N3. The summed E-state index contributed by atoms with van der Waals surface area (Å²) in [5.74, 6) is 0. The molecule has 0 bridgehead atoms. The highest BCUT2D eigenvalue weighted by atomic mass is 15.1. The van der Waals surface area contributed by atoms with Crippen molar-refractivity contribution in [3.8, 4) is 6.07 Å². The molecule has 1 fully saturated rings. The third-order valence-corrected chi connectivity index (χ3v) is 4.85. The van der Waals surface area contributed by atoms with Crippen molar-refractivity contribution in [2.24, 2.45) is 5.41 Å². The van der Waals surface area contributed by atoms with Gasteiger partial charge in [0.15, 0.2) is 0 Å². The van der Waals surface area contributed by atoms with Gasteiger partial charge in [-0.25, -0.2) is 0 Å². The van der Waals surface area contributed by atoms with Crippen molar-refractivity contribution >= 4 is 11.4 Å². The van der Waals surface area contributed by atoms with E-state index >= 15 is 0 Å². The maximum atomic E-state index is 9.05. The predicted molar refractivity (Wildman–Crippen MR) is 80.0 cm³/mol. The Morgan fingerprint density at radius 2 is 1.89 bits per heavy atom. The molecule has 19 heavy (non-hydrogen) atoms. The van der Waals surface area contributed by atoms with E-state index in [-0.39, 0.29) is 0 Å². The van der Waals surface area contributed by atoms with Gasteiger partial charge in [-0.2, -0.15) is 5.26 Å². The van der Waals surface area contributed by atoms with Crippen LogP contribution in [0.25, 0.3) is 0 Å². The molecule has 102 valence electrons. The Bertz CT molecular complexity index is 473. The van der Waals surface area contributed by atoms with Crippen LogP contribution in [-0.2, 0) is 0 Å². The number of anilines is 2. The standard InChI is InChI=1S/C16H23N3/c1-3-16(4-2)7-9-19(10-8-16)14-5-6-15(18)13(11-14)12-17/h5-6,11H,3-4,7-10,18H2,1-2H3. The van der Waals surface area contributed by atoms with Gasteiger partial charge in [0.05, 0.1) is 5.56 Å². The number of piperidine rings is 1. The molecule has 0 unspecified atom stereocenters. The summed E-state index contributed by atoms with van der Waals surface area (Å²) in [7, 11) is 0. The van der Waals surface area contributed by atoms with Crippen molar-refractivity contribution in [1.82, 2.24) is 0 Å². The molecule has 0 saturated carbocycles. The first-order valence-electron chi connectivity index (χ1n) is 7.18. The monoisotopic (exact) mass is 257 g/mol. The number of hydrogen-bond donors (Lipinski definition) is 1. The summed E-state index contributed by atoms with van der Waals surface area (Å²) in [6, 6.07) is 7.95. The van der Waals surface area contributed by atoms with Gasteiger partial charge in [0.1, 0.15) is 6.07 Å². The highest BCUT2D eigenvalue weighted by Gasteiger charge is 2.31. The molecule has 2 rings (SSSR count). The fraction of sp³-hybridized carbons (Fsp3) is 0.562. The maximum absolute atomic E-state index is 9.05. The zero-order valence-corrected chi connectivity index (χ0v) is 11.9. The van der Waals surface area contributed by atoms with Crippen molar-refractivity contribution in [3.63, 3.8) is 0 Å². The van der Waals surface area contributed by atoms with E-state index in [1.54, 1.807) is 0 Å². The van der Waals surface area contributed by atoms with Gasteiger partial charge in [-0.3, -0.25) is 0 Å². The molecule has 1 aromatic carbocycles. The van der Waals surface area contributed by atoms with Gasteiger partial charge >= 0.3 is 0 Å². The SMILES string of the molecule is CCC1(CC)CCN(c2ccc(N)c(C#N)c2)CC1. The van der Waals surface area contributed by atoms with Gasteiger partial charge in [0, 0.05) is 24.5 Å². The van der Waals surface area contributed by atoms with E-state index < -0.39 is 0 Å². The Morgan fingerprint density at radius 1 is 1.26 bits per heavy atom. The highest BCUT2D eigenvalue weighted by molar-refractivity contribution is 5.62. The summed E-state index contributed by atoms with van der Waals surface area (Å²) in [5, 5.41) is 9.05. The van der Waals surface area contributed by atoms with Crippen molar-refractivity contribution in [1.29, 1.82) is 5.26 Å². The van der Waals surface area contributed by atoms with Crippen LogP contribution in [0.3, 0.4) is 0 Å². The van der Waals surface area contributed by atoms with Crippen LogP contribution in [-0.4, -0.2) is 13.1 Å². The molecular weight excluding hydrogens is 234 g/mol. The van der Waals surface area contributed by atoms with E-state index in [1.807, 2.05) is 18.2 Å². The smallest absolute Gasteiger partial charge is 0.101 e. The molecule has 0 amide bonds. The van der Waals surface area contributed by atoms with E-state index in [0.29, 0.717) is 16.7 Å². The van der Waals surface area contributed by atoms with Crippen molar-refractivity contribution < 1.29 is 0 Å². The molecule has 1 saturated heterocycles. The Labute approximate surface area is 116 Å². The van der Waals surface area contributed by atoms with Crippen LogP contribution in [0.2, 0.25) is 0 Å². The zero-order chi connectivity index (χ0) is 13.9. The molecule has 3 heteroatoms. The first-order valence-corrected chi connectivity index (χ1v) is 7.18.